The van der Waals surface area contributed by atoms with Gasteiger partial charge in [0.1, 0.15) is 11.6 Å². The molecule has 0 aliphatic heterocycles. The molecule has 21 heavy (non-hydrogen) atoms. The number of nitrogens with two attached hydrogens (primary N) is 1. The molecule has 0 saturated carbocycles. The quantitative estimate of drug-likeness (QED) is 0.859. The average Bonchev–Trinajstić information content (AvgIpc) is 2.47. The monoisotopic (exact) mass is 288 g/mol. The fourth-order valence-corrected chi connectivity index (χ4v) is 1.81. The number of halogens is 1. The van der Waals surface area contributed by atoms with Gasteiger partial charge in [0.05, 0.1) is 13.0 Å². The highest BCUT2D eigenvalue weighted by Crippen LogP contribution is 2.13. The van der Waals surface area contributed by atoms with Gasteiger partial charge in [0.15, 0.2) is 0 Å². The summed E-state index contributed by atoms with van der Waals surface area (Å²) in [5.74, 6) is 0.0646. The van der Waals surface area contributed by atoms with Gasteiger partial charge in [-0.15, -0.1) is 0 Å². The zero-order chi connectivity index (χ0) is 15.1. The third kappa shape index (κ3) is 4.89. The molecule has 4 nitrogen and oxygen atoms in total. The van der Waals surface area contributed by atoms with Crippen LogP contribution in [0.15, 0.2) is 48.5 Å². The summed E-state index contributed by atoms with van der Waals surface area (Å²) in [7, 11) is 0. The Kier molecular flexibility index (Phi) is 5.29. The molecule has 0 aliphatic rings. The number of carbonyl (C=O) groups excluding carboxylic acids is 1. The van der Waals surface area contributed by atoms with E-state index in [2.05, 4.69) is 5.32 Å². The molecular formula is C16H17FN2O2. The average molecular weight is 288 g/mol. The first-order valence-corrected chi connectivity index (χ1v) is 6.64. The van der Waals surface area contributed by atoms with Crippen LogP contribution in [0, 0.1) is 5.82 Å². The van der Waals surface area contributed by atoms with E-state index in [4.69, 9.17) is 10.5 Å². The standard InChI is InChI=1S/C16H17FN2O2/c17-13-4-2-5-14(10-13)19-16(20)7-8-21-15-6-1-3-12(9-15)11-18/h1-6,9-10H,7-8,11,18H2,(H,19,20). The Morgan fingerprint density at radius 2 is 2.00 bits per heavy atom. The van der Waals surface area contributed by atoms with Crippen molar-refractivity contribution in [2.45, 2.75) is 13.0 Å². The largest absolute Gasteiger partial charge is 0.493 e. The van der Waals surface area contributed by atoms with Crippen LogP contribution in [0.25, 0.3) is 0 Å². The SMILES string of the molecule is NCc1cccc(OCCC(=O)Nc2cccc(F)c2)c1. The van der Waals surface area contributed by atoms with Gasteiger partial charge < -0.3 is 15.8 Å². The first-order valence-electron chi connectivity index (χ1n) is 6.64. The second-order valence-corrected chi connectivity index (χ2v) is 4.51. The lowest BCUT2D eigenvalue weighted by Gasteiger charge is -2.08. The molecule has 0 aliphatic carbocycles. The second kappa shape index (κ2) is 7.40. The molecule has 0 aromatic heterocycles. The van der Waals surface area contributed by atoms with Crippen molar-refractivity contribution in [2.75, 3.05) is 11.9 Å². The Labute approximate surface area is 122 Å². The molecule has 0 radical (unpaired) electrons. The van der Waals surface area contributed by atoms with Gasteiger partial charge >= 0.3 is 0 Å². The predicted octanol–water partition coefficient (Wildman–Crippen LogP) is 2.69. The van der Waals surface area contributed by atoms with Gasteiger partial charge in [0.2, 0.25) is 5.91 Å². The number of anilines is 1. The first-order chi connectivity index (χ1) is 10.2. The van der Waals surface area contributed by atoms with Crippen molar-refractivity contribution in [3.63, 3.8) is 0 Å². The van der Waals surface area contributed by atoms with Crippen molar-refractivity contribution in [1.82, 2.24) is 0 Å². The predicted molar refractivity (Wildman–Crippen MR) is 79.5 cm³/mol. The van der Waals surface area contributed by atoms with Crippen molar-refractivity contribution >= 4 is 11.6 Å². The van der Waals surface area contributed by atoms with E-state index in [9.17, 15) is 9.18 Å². The minimum absolute atomic E-state index is 0.184. The number of ether oxygens (including phenoxy) is 1. The third-order valence-corrected chi connectivity index (χ3v) is 2.84. The molecule has 0 bridgehead atoms. The smallest absolute Gasteiger partial charge is 0.227 e. The summed E-state index contributed by atoms with van der Waals surface area (Å²) in [5.41, 5.74) is 6.95. The topological polar surface area (TPSA) is 64.3 Å². The molecule has 110 valence electrons. The van der Waals surface area contributed by atoms with Crippen molar-refractivity contribution in [2.24, 2.45) is 5.73 Å². The van der Waals surface area contributed by atoms with Gasteiger partial charge in [0, 0.05) is 12.2 Å². The summed E-state index contributed by atoms with van der Waals surface area (Å²) in [6.07, 6.45) is 0.184. The molecule has 0 fully saturated rings. The van der Waals surface area contributed by atoms with E-state index in [0.29, 0.717) is 18.0 Å². The Bertz CT molecular complexity index is 617. The molecule has 0 saturated heterocycles. The molecular weight excluding hydrogens is 271 g/mol. The van der Waals surface area contributed by atoms with Crippen LogP contribution in [-0.2, 0) is 11.3 Å². The molecule has 2 aromatic rings. The Balaban J connectivity index is 1.79. The van der Waals surface area contributed by atoms with Gasteiger partial charge in [-0.1, -0.05) is 18.2 Å². The minimum Gasteiger partial charge on any atom is -0.493 e. The zero-order valence-electron chi connectivity index (χ0n) is 11.5. The highest BCUT2D eigenvalue weighted by atomic mass is 19.1. The Morgan fingerprint density at radius 3 is 2.76 bits per heavy atom. The van der Waals surface area contributed by atoms with E-state index >= 15 is 0 Å². The summed E-state index contributed by atoms with van der Waals surface area (Å²) >= 11 is 0. The molecule has 0 unspecified atom stereocenters. The van der Waals surface area contributed by atoms with Crippen LogP contribution < -0.4 is 15.8 Å². The van der Waals surface area contributed by atoms with Gasteiger partial charge in [-0.05, 0) is 35.9 Å². The van der Waals surface area contributed by atoms with Crippen LogP contribution in [-0.4, -0.2) is 12.5 Å². The zero-order valence-corrected chi connectivity index (χ0v) is 11.5. The van der Waals surface area contributed by atoms with Crippen molar-refractivity contribution in [3.8, 4) is 5.75 Å². The van der Waals surface area contributed by atoms with Gasteiger partial charge in [-0.3, -0.25) is 4.79 Å². The van der Waals surface area contributed by atoms with E-state index in [1.807, 2.05) is 24.3 Å². The van der Waals surface area contributed by atoms with Crippen LogP contribution in [0.1, 0.15) is 12.0 Å². The number of amides is 1. The molecule has 0 heterocycles. The number of carbonyl (C=O) groups is 1. The highest BCUT2D eigenvalue weighted by Gasteiger charge is 2.04. The van der Waals surface area contributed by atoms with Gasteiger partial charge in [-0.25, -0.2) is 4.39 Å². The molecule has 1 amide bonds. The minimum atomic E-state index is -0.386. The maximum absolute atomic E-state index is 13.0. The summed E-state index contributed by atoms with van der Waals surface area (Å²) < 4.78 is 18.5. The maximum Gasteiger partial charge on any atom is 0.227 e. The molecule has 0 spiro atoms. The molecule has 2 aromatic carbocycles. The fourth-order valence-electron chi connectivity index (χ4n) is 1.81. The fraction of sp³-hybridized carbons (Fsp3) is 0.188. The first kappa shape index (κ1) is 15.0. The van der Waals surface area contributed by atoms with Crippen molar-refractivity contribution < 1.29 is 13.9 Å². The van der Waals surface area contributed by atoms with Gasteiger partial charge in [0.25, 0.3) is 0 Å². The molecule has 0 atom stereocenters. The van der Waals surface area contributed by atoms with E-state index < -0.39 is 0 Å². The van der Waals surface area contributed by atoms with E-state index in [1.54, 1.807) is 12.1 Å². The molecule has 2 rings (SSSR count). The summed E-state index contributed by atoms with van der Waals surface area (Å²) in [6, 6.07) is 13.2. The van der Waals surface area contributed by atoms with Crippen LogP contribution in [0.5, 0.6) is 5.75 Å². The van der Waals surface area contributed by atoms with Gasteiger partial charge in [-0.2, -0.15) is 0 Å². The summed E-state index contributed by atoms with van der Waals surface area (Å²) in [5, 5.41) is 2.61. The second-order valence-electron chi connectivity index (χ2n) is 4.51. The van der Waals surface area contributed by atoms with E-state index in [1.165, 1.54) is 12.1 Å². The number of nitrogens with one attached hydrogen (secondary N) is 1. The van der Waals surface area contributed by atoms with Crippen molar-refractivity contribution in [1.29, 1.82) is 0 Å². The van der Waals surface area contributed by atoms with Crippen molar-refractivity contribution in [3.05, 3.63) is 59.9 Å². The Morgan fingerprint density at radius 1 is 1.19 bits per heavy atom. The molecule has 5 heteroatoms. The number of benzene rings is 2. The number of hydrogen-bond acceptors (Lipinski definition) is 3. The number of hydrogen-bond donors (Lipinski definition) is 2. The van der Waals surface area contributed by atoms with Crippen LogP contribution in [0.4, 0.5) is 10.1 Å². The van der Waals surface area contributed by atoms with E-state index in [-0.39, 0.29) is 24.8 Å². The lowest BCUT2D eigenvalue weighted by molar-refractivity contribution is -0.116. The van der Waals surface area contributed by atoms with Crippen LogP contribution in [0.3, 0.4) is 0 Å². The van der Waals surface area contributed by atoms with Crippen LogP contribution in [0.2, 0.25) is 0 Å². The lowest BCUT2D eigenvalue weighted by atomic mass is 10.2. The summed E-state index contributed by atoms with van der Waals surface area (Å²) in [6.45, 7) is 0.687. The number of rotatable bonds is 6. The normalized spacial score (nSPS) is 10.2. The summed E-state index contributed by atoms with van der Waals surface area (Å²) in [4.78, 5) is 11.7. The van der Waals surface area contributed by atoms with E-state index in [0.717, 1.165) is 5.56 Å². The highest BCUT2D eigenvalue weighted by molar-refractivity contribution is 5.90. The Hall–Kier alpha value is -2.40. The maximum atomic E-state index is 13.0. The van der Waals surface area contributed by atoms with Crippen LogP contribution >= 0.6 is 0 Å². The lowest BCUT2D eigenvalue weighted by Crippen LogP contribution is -2.15. The molecule has 3 N–H and O–H groups in total. The third-order valence-electron chi connectivity index (χ3n) is 2.84.